The third-order valence-electron chi connectivity index (χ3n) is 4.15. The van der Waals surface area contributed by atoms with Crippen LogP contribution in [0.5, 0.6) is 0 Å². The highest BCUT2D eigenvalue weighted by molar-refractivity contribution is 6.01. The first-order valence-corrected chi connectivity index (χ1v) is 8.26. The summed E-state index contributed by atoms with van der Waals surface area (Å²) in [5.74, 6) is 0.445. The first kappa shape index (κ1) is 16.8. The molecule has 1 aromatic heterocycles. The van der Waals surface area contributed by atoms with Crippen molar-refractivity contribution in [1.82, 2.24) is 25.8 Å². The normalized spacial score (nSPS) is 14.9. The second kappa shape index (κ2) is 7.69. The topological polar surface area (TPSA) is 102 Å². The van der Waals surface area contributed by atoms with Crippen LogP contribution < -0.4 is 16.0 Å². The van der Waals surface area contributed by atoms with Crippen molar-refractivity contribution < 1.29 is 9.59 Å². The van der Waals surface area contributed by atoms with Gasteiger partial charge in [0.15, 0.2) is 5.96 Å². The van der Waals surface area contributed by atoms with Crippen LogP contribution in [-0.4, -0.2) is 61.0 Å². The molecule has 1 saturated heterocycles. The Kier molecular flexibility index (Phi) is 5.17. The zero-order valence-corrected chi connectivity index (χ0v) is 14.1. The molecule has 0 atom stereocenters. The van der Waals surface area contributed by atoms with Crippen molar-refractivity contribution in [2.45, 2.75) is 6.42 Å². The van der Waals surface area contributed by atoms with Crippen LogP contribution in [0.4, 0.5) is 4.79 Å². The number of para-hydroxylation sites is 1. The zero-order valence-electron chi connectivity index (χ0n) is 14.1. The van der Waals surface area contributed by atoms with Crippen LogP contribution in [0.3, 0.4) is 0 Å². The Morgan fingerprint density at radius 2 is 2.04 bits per heavy atom. The van der Waals surface area contributed by atoms with Gasteiger partial charge in [-0.25, -0.2) is 4.79 Å². The minimum absolute atomic E-state index is 0.0798. The first-order valence-electron chi connectivity index (χ1n) is 8.26. The van der Waals surface area contributed by atoms with E-state index in [1.165, 1.54) is 15.8 Å². The van der Waals surface area contributed by atoms with Gasteiger partial charge in [0.2, 0.25) is 5.91 Å². The lowest BCUT2D eigenvalue weighted by molar-refractivity contribution is -0.124. The number of hydrogen-bond acceptors (Lipinski definition) is 3. The molecule has 2 aromatic rings. The van der Waals surface area contributed by atoms with Gasteiger partial charge in [-0.2, -0.15) is 0 Å². The van der Waals surface area contributed by atoms with Crippen molar-refractivity contribution in [3.8, 4) is 0 Å². The number of carbonyl (C=O) groups excluding carboxylic acids is 2. The molecule has 0 radical (unpaired) electrons. The van der Waals surface area contributed by atoms with Gasteiger partial charge in [0.1, 0.15) is 0 Å². The number of aromatic amines is 1. The molecule has 2 heterocycles. The van der Waals surface area contributed by atoms with Gasteiger partial charge in [0.25, 0.3) is 0 Å². The van der Waals surface area contributed by atoms with E-state index >= 15 is 0 Å². The lowest BCUT2D eigenvalue weighted by atomic mass is 10.1. The highest BCUT2D eigenvalue weighted by Crippen LogP contribution is 2.17. The number of nitrogens with zero attached hydrogens (tertiary/aromatic N) is 2. The number of rotatable bonds is 6. The second-order valence-corrected chi connectivity index (χ2v) is 5.74. The van der Waals surface area contributed by atoms with Gasteiger partial charge in [-0.05, 0) is 18.1 Å². The number of amides is 3. The van der Waals surface area contributed by atoms with Gasteiger partial charge in [0.05, 0.1) is 6.54 Å². The van der Waals surface area contributed by atoms with E-state index in [4.69, 9.17) is 0 Å². The Hall–Kier alpha value is -3.03. The number of carbonyl (C=O) groups is 2. The van der Waals surface area contributed by atoms with E-state index in [0.717, 1.165) is 18.5 Å². The highest BCUT2D eigenvalue weighted by atomic mass is 16.2. The molecule has 1 aliphatic heterocycles. The summed E-state index contributed by atoms with van der Waals surface area (Å²) in [7, 11) is 1.69. The third-order valence-corrected chi connectivity index (χ3v) is 4.15. The van der Waals surface area contributed by atoms with E-state index in [1.54, 1.807) is 7.05 Å². The number of benzene rings is 1. The summed E-state index contributed by atoms with van der Waals surface area (Å²) >= 11 is 0. The molecule has 8 nitrogen and oxygen atoms in total. The van der Waals surface area contributed by atoms with Crippen LogP contribution in [-0.2, 0) is 11.2 Å². The summed E-state index contributed by atoms with van der Waals surface area (Å²) in [4.78, 5) is 31.6. The minimum atomic E-state index is -0.339. The van der Waals surface area contributed by atoms with Gasteiger partial charge in [-0.15, -0.1) is 0 Å². The maximum Gasteiger partial charge on any atom is 0.324 e. The molecule has 1 fully saturated rings. The summed E-state index contributed by atoms with van der Waals surface area (Å²) in [6.07, 6.45) is 2.89. The van der Waals surface area contributed by atoms with Crippen LogP contribution in [0, 0.1) is 0 Å². The number of aliphatic imine (C=N–C) groups is 1. The van der Waals surface area contributed by atoms with Gasteiger partial charge >= 0.3 is 6.03 Å². The van der Waals surface area contributed by atoms with Gasteiger partial charge in [-0.1, -0.05) is 18.2 Å². The van der Waals surface area contributed by atoms with Crippen LogP contribution in [0.2, 0.25) is 0 Å². The number of nitrogens with one attached hydrogen (secondary N) is 4. The van der Waals surface area contributed by atoms with E-state index in [9.17, 15) is 9.59 Å². The molecule has 0 saturated carbocycles. The Labute approximate surface area is 145 Å². The van der Waals surface area contributed by atoms with Crippen molar-refractivity contribution in [1.29, 1.82) is 0 Å². The standard InChI is InChI=1S/C17H22N6O2/c1-18-16(20-8-9-23-15(24)11-22-17(23)25)19-7-6-12-10-21-14-5-3-2-4-13(12)14/h2-5,10,21H,6-9,11H2,1H3,(H,22,25)(H2,18,19,20). The smallest absolute Gasteiger partial charge is 0.324 e. The molecule has 25 heavy (non-hydrogen) atoms. The molecule has 132 valence electrons. The van der Waals surface area contributed by atoms with Crippen molar-refractivity contribution >= 4 is 28.8 Å². The Bertz CT molecular complexity index is 781. The molecule has 8 heteroatoms. The van der Waals surface area contributed by atoms with Gasteiger partial charge in [0, 0.05) is 43.8 Å². The summed E-state index contributed by atoms with van der Waals surface area (Å²) in [5.41, 5.74) is 2.38. The SMILES string of the molecule is CN=C(NCCc1c[nH]c2ccccc12)NCCN1C(=O)CNC1=O. The van der Waals surface area contributed by atoms with Crippen LogP contribution >= 0.6 is 0 Å². The maximum absolute atomic E-state index is 11.5. The Morgan fingerprint density at radius 3 is 2.80 bits per heavy atom. The van der Waals surface area contributed by atoms with E-state index in [0.29, 0.717) is 19.0 Å². The van der Waals surface area contributed by atoms with Crippen LogP contribution in [0.25, 0.3) is 10.9 Å². The molecule has 0 spiro atoms. The number of guanidine groups is 1. The lowest BCUT2D eigenvalue weighted by Crippen LogP contribution is -2.43. The highest BCUT2D eigenvalue weighted by Gasteiger charge is 2.27. The monoisotopic (exact) mass is 342 g/mol. The summed E-state index contributed by atoms with van der Waals surface area (Å²) < 4.78 is 0. The number of urea groups is 1. The van der Waals surface area contributed by atoms with E-state index in [-0.39, 0.29) is 18.5 Å². The van der Waals surface area contributed by atoms with Crippen molar-refractivity contribution in [3.63, 3.8) is 0 Å². The molecule has 0 aliphatic carbocycles. The quantitative estimate of drug-likeness (QED) is 0.347. The number of H-pyrrole nitrogens is 1. The van der Waals surface area contributed by atoms with E-state index < -0.39 is 0 Å². The second-order valence-electron chi connectivity index (χ2n) is 5.74. The number of hydrogen-bond donors (Lipinski definition) is 4. The first-order chi connectivity index (χ1) is 12.2. The fourth-order valence-corrected chi connectivity index (χ4v) is 2.84. The van der Waals surface area contributed by atoms with Gasteiger partial charge in [-0.3, -0.25) is 14.7 Å². The lowest BCUT2D eigenvalue weighted by Gasteiger charge is -2.15. The molecule has 0 unspecified atom stereocenters. The van der Waals surface area contributed by atoms with Gasteiger partial charge < -0.3 is 20.9 Å². The predicted octanol–water partition coefficient (Wildman–Crippen LogP) is 0.427. The fraction of sp³-hybridized carbons (Fsp3) is 0.353. The number of fused-ring (bicyclic) bond motifs is 1. The van der Waals surface area contributed by atoms with Crippen LogP contribution in [0.1, 0.15) is 5.56 Å². The molecule has 0 bridgehead atoms. The molecule has 1 aromatic carbocycles. The fourth-order valence-electron chi connectivity index (χ4n) is 2.84. The van der Waals surface area contributed by atoms with Crippen molar-refractivity contribution in [3.05, 3.63) is 36.0 Å². The maximum atomic E-state index is 11.5. The molecular formula is C17H22N6O2. The minimum Gasteiger partial charge on any atom is -0.361 e. The zero-order chi connectivity index (χ0) is 17.6. The van der Waals surface area contributed by atoms with Crippen molar-refractivity contribution in [2.24, 2.45) is 4.99 Å². The summed E-state index contributed by atoms with van der Waals surface area (Å²) in [5, 5.41) is 10.1. The number of imide groups is 1. The third kappa shape index (κ3) is 3.90. The molecule has 1 aliphatic rings. The summed E-state index contributed by atoms with van der Waals surface area (Å²) in [6, 6.07) is 7.87. The Morgan fingerprint density at radius 1 is 1.24 bits per heavy atom. The average Bonchev–Trinajstić information content (AvgIpc) is 3.18. The average molecular weight is 342 g/mol. The van der Waals surface area contributed by atoms with E-state index in [2.05, 4.69) is 38.1 Å². The van der Waals surface area contributed by atoms with E-state index in [1.807, 2.05) is 18.3 Å². The number of aromatic nitrogens is 1. The summed E-state index contributed by atoms with van der Waals surface area (Å²) in [6.45, 7) is 1.57. The Balaban J connectivity index is 1.43. The molecule has 3 rings (SSSR count). The van der Waals surface area contributed by atoms with Crippen molar-refractivity contribution in [2.75, 3.05) is 33.2 Å². The molecule has 4 N–H and O–H groups in total. The largest absolute Gasteiger partial charge is 0.361 e. The van der Waals surface area contributed by atoms with Crippen LogP contribution in [0.15, 0.2) is 35.5 Å². The molecular weight excluding hydrogens is 320 g/mol. The predicted molar refractivity (Wildman–Crippen MR) is 96.5 cm³/mol. The molecule has 3 amide bonds.